The van der Waals surface area contributed by atoms with Crippen LogP contribution in [0, 0.1) is 0 Å². The number of rotatable bonds is 2. The molecule has 3 heteroatoms. The highest BCUT2D eigenvalue weighted by molar-refractivity contribution is 6.13. The number of hydrogen-bond acceptors (Lipinski definition) is 2. The van der Waals surface area contributed by atoms with Crippen LogP contribution in [-0.2, 0) is 12.0 Å². The van der Waals surface area contributed by atoms with Crippen molar-refractivity contribution in [3.8, 4) is 0 Å². The molecule has 1 rings (SSSR count). The van der Waals surface area contributed by atoms with E-state index in [4.69, 9.17) is 16.2 Å². The van der Waals surface area contributed by atoms with Crippen LogP contribution in [0.25, 0.3) is 0 Å². The Hall–Kier alpha value is -0.470. The van der Waals surface area contributed by atoms with Gasteiger partial charge in [0, 0.05) is 0 Å². The van der Waals surface area contributed by atoms with Crippen molar-refractivity contribution in [3.05, 3.63) is 23.7 Å². The van der Waals surface area contributed by atoms with Crippen LogP contribution >= 0.6 is 11.8 Å². The molecule has 0 unspecified atom stereocenters. The minimum atomic E-state index is 0.147. The maximum Gasteiger partial charge on any atom is 0.119 e. The zero-order chi connectivity index (χ0) is 9.19. The van der Waals surface area contributed by atoms with Gasteiger partial charge in [0.15, 0.2) is 0 Å². The van der Waals surface area contributed by atoms with Crippen molar-refractivity contribution in [1.82, 2.24) is 4.84 Å². The number of furan rings is 1. The van der Waals surface area contributed by atoms with Crippen molar-refractivity contribution >= 4 is 11.8 Å². The third-order valence-electron chi connectivity index (χ3n) is 1.76. The summed E-state index contributed by atoms with van der Waals surface area (Å²) in [6.07, 6.45) is 1.78. The molecule has 0 fully saturated rings. The van der Waals surface area contributed by atoms with E-state index in [1.54, 1.807) is 6.26 Å². The van der Waals surface area contributed by atoms with Gasteiger partial charge in [0.1, 0.15) is 5.76 Å². The van der Waals surface area contributed by atoms with Gasteiger partial charge < -0.3 is 4.42 Å². The number of halogens is 1. The summed E-state index contributed by atoms with van der Waals surface area (Å²) in [6, 6.07) is 2.02. The Balaban J connectivity index is 2.77. The minimum Gasteiger partial charge on any atom is -0.468 e. The molecule has 0 spiro atoms. The van der Waals surface area contributed by atoms with Crippen LogP contribution in [0.2, 0.25) is 0 Å². The predicted molar refractivity (Wildman–Crippen MR) is 50.1 cm³/mol. The normalized spacial score (nSPS) is 12.0. The third kappa shape index (κ3) is 2.26. The second kappa shape index (κ2) is 3.50. The van der Waals surface area contributed by atoms with Crippen molar-refractivity contribution in [2.75, 3.05) is 0 Å². The van der Waals surface area contributed by atoms with Crippen LogP contribution in [-0.4, -0.2) is 0 Å². The van der Waals surface area contributed by atoms with Gasteiger partial charge in [0.25, 0.3) is 0 Å². The Morgan fingerprint density at radius 1 is 1.50 bits per heavy atom. The van der Waals surface area contributed by atoms with Crippen LogP contribution in [0.3, 0.4) is 0 Å². The van der Waals surface area contributed by atoms with Gasteiger partial charge in [-0.1, -0.05) is 20.8 Å². The van der Waals surface area contributed by atoms with Gasteiger partial charge in [-0.15, -0.1) is 0 Å². The van der Waals surface area contributed by atoms with Crippen molar-refractivity contribution in [2.24, 2.45) is 0 Å². The van der Waals surface area contributed by atoms with E-state index < -0.39 is 0 Å². The predicted octanol–water partition coefficient (Wildman–Crippen LogP) is 2.82. The summed E-state index contributed by atoms with van der Waals surface area (Å²) < 4.78 is 5.28. The highest BCUT2D eigenvalue weighted by Gasteiger charge is 2.16. The standard InChI is InChI=1S/C9H14ClNO/c1-9(2,3)7-4-8(5-11-10)12-6-7/h4,6,11H,5H2,1-3H3. The lowest BCUT2D eigenvalue weighted by Crippen LogP contribution is -2.09. The monoisotopic (exact) mass is 187 g/mol. The van der Waals surface area contributed by atoms with Crippen LogP contribution in [0.1, 0.15) is 32.1 Å². The first-order valence-corrected chi connectivity index (χ1v) is 4.33. The maximum absolute atomic E-state index is 5.35. The van der Waals surface area contributed by atoms with E-state index in [9.17, 15) is 0 Å². The summed E-state index contributed by atoms with van der Waals surface area (Å²) in [5, 5.41) is 0. The van der Waals surface area contributed by atoms with E-state index in [1.165, 1.54) is 5.56 Å². The van der Waals surface area contributed by atoms with E-state index >= 15 is 0 Å². The summed E-state index contributed by atoms with van der Waals surface area (Å²) in [7, 11) is 0. The quantitative estimate of drug-likeness (QED) is 0.721. The highest BCUT2D eigenvalue weighted by atomic mass is 35.5. The SMILES string of the molecule is CC(C)(C)c1coc(CNCl)c1. The van der Waals surface area contributed by atoms with Gasteiger partial charge in [-0.25, -0.2) is 4.84 Å². The summed E-state index contributed by atoms with van der Waals surface area (Å²) in [5.74, 6) is 0.870. The highest BCUT2D eigenvalue weighted by Crippen LogP contribution is 2.24. The lowest BCUT2D eigenvalue weighted by Gasteiger charge is -2.14. The first-order chi connectivity index (χ1) is 5.54. The maximum atomic E-state index is 5.35. The Kier molecular flexibility index (Phi) is 2.80. The zero-order valence-electron chi connectivity index (χ0n) is 7.65. The Morgan fingerprint density at radius 2 is 2.17 bits per heavy atom. The molecule has 1 aromatic heterocycles. The second-order valence-corrected chi connectivity index (χ2v) is 4.13. The molecule has 12 heavy (non-hydrogen) atoms. The fraction of sp³-hybridized carbons (Fsp3) is 0.556. The fourth-order valence-corrected chi connectivity index (χ4v) is 1.06. The molecule has 0 saturated carbocycles. The van der Waals surface area contributed by atoms with Crippen LogP contribution in [0.15, 0.2) is 16.7 Å². The van der Waals surface area contributed by atoms with Gasteiger partial charge in [-0.2, -0.15) is 0 Å². The molecule has 2 nitrogen and oxygen atoms in total. The molecule has 0 amide bonds. The van der Waals surface area contributed by atoms with E-state index in [0.29, 0.717) is 6.54 Å². The molecule has 0 aliphatic carbocycles. The number of nitrogens with one attached hydrogen (secondary N) is 1. The molecule has 0 aromatic carbocycles. The third-order valence-corrected chi connectivity index (χ3v) is 1.89. The lowest BCUT2D eigenvalue weighted by atomic mass is 9.89. The van der Waals surface area contributed by atoms with Gasteiger partial charge in [-0.3, -0.25) is 0 Å². The molecule has 0 radical (unpaired) electrons. The summed E-state index contributed by atoms with van der Waals surface area (Å²) in [5.41, 5.74) is 1.35. The zero-order valence-corrected chi connectivity index (χ0v) is 8.40. The molecule has 1 aromatic rings. The summed E-state index contributed by atoms with van der Waals surface area (Å²) >= 11 is 5.35. The molecular weight excluding hydrogens is 174 g/mol. The van der Waals surface area contributed by atoms with Crippen LogP contribution in [0.5, 0.6) is 0 Å². The van der Waals surface area contributed by atoms with E-state index in [1.807, 2.05) is 6.07 Å². The van der Waals surface area contributed by atoms with Gasteiger partial charge in [0.05, 0.1) is 12.8 Å². The second-order valence-electron chi connectivity index (χ2n) is 3.86. The first kappa shape index (κ1) is 9.62. The molecular formula is C9H14ClNO. The van der Waals surface area contributed by atoms with Crippen molar-refractivity contribution in [2.45, 2.75) is 32.7 Å². The van der Waals surface area contributed by atoms with Crippen LogP contribution in [0.4, 0.5) is 0 Å². The molecule has 0 aliphatic heterocycles. The lowest BCUT2D eigenvalue weighted by molar-refractivity contribution is 0.495. The number of hydrogen-bond donors (Lipinski definition) is 1. The topological polar surface area (TPSA) is 25.2 Å². The van der Waals surface area contributed by atoms with Crippen molar-refractivity contribution < 1.29 is 4.42 Å². The van der Waals surface area contributed by atoms with Gasteiger partial charge >= 0.3 is 0 Å². The molecule has 0 bridgehead atoms. The molecule has 1 heterocycles. The molecule has 0 atom stereocenters. The average molecular weight is 188 g/mol. The first-order valence-electron chi connectivity index (χ1n) is 3.95. The Morgan fingerprint density at radius 3 is 2.58 bits per heavy atom. The summed E-state index contributed by atoms with van der Waals surface area (Å²) in [4.78, 5) is 2.53. The summed E-state index contributed by atoms with van der Waals surface area (Å²) in [6.45, 7) is 7.01. The van der Waals surface area contributed by atoms with E-state index in [-0.39, 0.29) is 5.41 Å². The molecule has 1 N–H and O–H groups in total. The Labute approximate surface area is 78.0 Å². The van der Waals surface area contributed by atoms with Crippen molar-refractivity contribution in [1.29, 1.82) is 0 Å². The smallest absolute Gasteiger partial charge is 0.119 e. The average Bonchev–Trinajstić information content (AvgIpc) is 2.35. The largest absolute Gasteiger partial charge is 0.468 e. The van der Waals surface area contributed by atoms with Crippen LogP contribution < -0.4 is 4.84 Å². The van der Waals surface area contributed by atoms with Gasteiger partial charge in [-0.05, 0) is 28.8 Å². The van der Waals surface area contributed by atoms with Crippen molar-refractivity contribution in [3.63, 3.8) is 0 Å². The fourth-order valence-electron chi connectivity index (χ4n) is 0.932. The van der Waals surface area contributed by atoms with E-state index in [2.05, 4.69) is 25.6 Å². The molecule has 0 aliphatic rings. The molecule has 0 saturated heterocycles. The van der Waals surface area contributed by atoms with Gasteiger partial charge in [0.2, 0.25) is 0 Å². The van der Waals surface area contributed by atoms with E-state index in [0.717, 1.165) is 5.76 Å². The minimum absolute atomic E-state index is 0.147. The Bertz CT molecular complexity index is 249. The molecule has 68 valence electrons.